The van der Waals surface area contributed by atoms with E-state index in [1.165, 1.54) is 38.5 Å². The van der Waals surface area contributed by atoms with Gasteiger partial charge in [-0.25, -0.2) is 0 Å². The molecule has 1 heterocycles. The topological polar surface area (TPSA) is 49.6 Å². The van der Waals surface area contributed by atoms with Gasteiger partial charge in [-0.15, -0.1) is 0 Å². The Balaban J connectivity index is 1.36. The van der Waals surface area contributed by atoms with Crippen LogP contribution >= 0.6 is 12.2 Å². The molecule has 0 atom stereocenters. The van der Waals surface area contributed by atoms with Crippen LogP contribution in [0.3, 0.4) is 0 Å². The Kier molecular flexibility index (Phi) is 3.25. The van der Waals surface area contributed by atoms with Crippen molar-refractivity contribution in [2.24, 2.45) is 22.9 Å². The Labute approximate surface area is 130 Å². The lowest BCUT2D eigenvalue weighted by Crippen LogP contribution is -2.61. The molecule has 4 aliphatic carbocycles. The largest absolute Gasteiger partial charge is 0.463 e. The molecule has 1 aromatic rings. The molecule has 4 saturated carbocycles. The molecule has 5 rings (SSSR count). The SMILES string of the molecule is S=C(NN=Cc1ccco1)NC12CC3CC(CC(C3)C1)C2. The molecule has 4 fully saturated rings. The van der Waals surface area contributed by atoms with E-state index in [4.69, 9.17) is 16.6 Å². The summed E-state index contributed by atoms with van der Waals surface area (Å²) < 4.78 is 5.20. The minimum Gasteiger partial charge on any atom is -0.463 e. The number of rotatable bonds is 3. The maximum Gasteiger partial charge on any atom is 0.187 e. The fourth-order valence-electron chi connectivity index (χ4n) is 5.05. The van der Waals surface area contributed by atoms with Crippen LogP contribution in [0, 0.1) is 17.8 Å². The minimum atomic E-state index is 0.235. The monoisotopic (exact) mass is 303 g/mol. The van der Waals surface area contributed by atoms with Gasteiger partial charge in [0.05, 0.1) is 12.5 Å². The predicted octanol–water partition coefficient (Wildman–Crippen LogP) is 3.05. The summed E-state index contributed by atoms with van der Waals surface area (Å²) in [7, 11) is 0. The predicted molar refractivity (Wildman–Crippen MR) is 86.1 cm³/mol. The van der Waals surface area contributed by atoms with Crippen molar-refractivity contribution >= 4 is 23.5 Å². The first-order valence-corrected chi connectivity index (χ1v) is 8.26. The lowest BCUT2D eigenvalue weighted by atomic mass is 9.53. The van der Waals surface area contributed by atoms with Gasteiger partial charge < -0.3 is 9.73 Å². The molecular formula is C16H21N3OS. The number of hydrogen-bond acceptors (Lipinski definition) is 3. The summed E-state index contributed by atoms with van der Waals surface area (Å²) in [5, 5.41) is 8.36. The molecule has 2 N–H and O–H groups in total. The van der Waals surface area contributed by atoms with Gasteiger partial charge >= 0.3 is 0 Å². The van der Waals surface area contributed by atoms with E-state index in [2.05, 4.69) is 15.8 Å². The zero-order valence-corrected chi connectivity index (χ0v) is 12.9. The highest BCUT2D eigenvalue weighted by molar-refractivity contribution is 7.80. The average molecular weight is 303 g/mol. The second-order valence-electron chi connectivity index (χ2n) is 7.04. The van der Waals surface area contributed by atoms with E-state index in [0.717, 1.165) is 23.5 Å². The van der Waals surface area contributed by atoms with E-state index in [-0.39, 0.29) is 5.54 Å². The maximum atomic E-state index is 5.42. The molecule has 0 radical (unpaired) electrons. The summed E-state index contributed by atoms with van der Waals surface area (Å²) in [6.45, 7) is 0. The third-order valence-electron chi connectivity index (χ3n) is 5.32. The molecule has 4 nitrogen and oxygen atoms in total. The van der Waals surface area contributed by atoms with Crippen LogP contribution in [0.5, 0.6) is 0 Å². The first-order chi connectivity index (χ1) is 10.2. The summed E-state index contributed by atoms with van der Waals surface area (Å²) >= 11 is 5.42. The van der Waals surface area contributed by atoms with Crippen molar-refractivity contribution in [1.29, 1.82) is 0 Å². The van der Waals surface area contributed by atoms with Gasteiger partial charge in [-0.1, -0.05) is 0 Å². The van der Waals surface area contributed by atoms with Gasteiger partial charge in [-0.05, 0) is 80.6 Å². The van der Waals surface area contributed by atoms with E-state index in [1.54, 1.807) is 12.5 Å². The molecule has 4 bridgehead atoms. The van der Waals surface area contributed by atoms with Gasteiger partial charge in [0.25, 0.3) is 0 Å². The molecule has 0 aromatic carbocycles. The van der Waals surface area contributed by atoms with Crippen LogP contribution in [-0.2, 0) is 0 Å². The summed E-state index contributed by atoms with van der Waals surface area (Å²) in [4.78, 5) is 0. The van der Waals surface area contributed by atoms with Crippen LogP contribution in [0.4, 0.5) is 0 Å². The maximum absolute atomic E-state index is 5.42. The van der Waals surface area contributed by atoms with Crippen molar-refractivity contribution in [1.82, 2.24) is 10.7 Å². The van der Waals surface area contributed by atoms with E-state index in [1.807, 2.05) is 12.1 Å². The van der Waals surface area contributed by atoms with Gasteiger partial charge in [0.15, 0.2) is 5.11 Å². The number of hydrazone groups is 1. The van der Waals surface area contributed by atoms with Crippen LogP contribution in [0.25, 0.3) is 0 Å². The van der Waals surface area contributed by atoms with Crippen LogP contribution in [0.15, 0.2) is 27.9 Å². The highest BCUT2D eigenvalue weighted by Gasteiger charge is 2.51. The van der Waals surface area contributed by atoms with Gasteiger partial charge in [-0.3, -0.25) is 5.43 Å². The number of thiocarbonyl (C=S) groups is 1. The van der Waals surface area contributed by atoms with Crippen molar-refractivity contribution in [3.63, 3.8) is 0 Å². The fraction of sp³-hybridized carbons (Fsp3) is 0.625. The van der Waals surface area contributed by atoms with Crippen LogP contribution in [0.2, 0.25) is 0 Å². The van der Waals surface area contributed by atoms with Gasteiger partial charge in [0.1, 0.15) is 5.76 Å². The number of hydrogen-bond donors (Lipinski definition) is 2. The van der Waals surface area contributed by atoms with Crippen LogP contribution in [-0.4, -0.2) is 16.9 Å². The Bertz CT molecular complexity index is 517. The fourth-order valence-corrected chi connectivity index (χ4v) is 5.32. The molecule has 0 aliphatic heterocycles. The van der Waals surface area contributed by atoms with Crippen LogP contribution in [0.1, 0.15) is 44.3 Å². The third kappa shape index (κ3) is 2.71. The Morgan fingerprint density at radius 3 is 2.48 bits per heavy atom. The molecule has 0 spiro atoms. The Hall–Kier alpha value is -1.36. The van der Waals surface area contributed by atoms with E-state index < -0.39 is 0 Å². The quantitative estimate of drug-likeness (QED) is 0.512. The van der Waals surface area contributed by atoms with Crippen molar-refractivity contribution < 1.29 is 4.42 Å². The van der Waals surface area contributed by atoms with Crippen molar-refractivity contribution in [3.8, 4) is 0 Å². The Morgan fingerprint density at radius 2 is 1.90 bits per heavy atom. The lowest BCUT2D eigenvalue weighted by Gasteiger charge is -2.57. The Morgan fingerprint density at radius 1 is 1.24 bits per heavy atom. The third-order valence-corrected chi connectivity index (χ3v) is 5.51. The molecular weight excluding hydrogens is 282 g/mol. The summed E-state index contributed by atoms with van der Waals surface area (Å²) in [6, 6.07) is 3.70. The molecule has 1 aromatic heterocycles. The molecule has 112 valence electrons. The van der Waals surface area contributed by atoms with Gasteiger partial charge in [0, 0.05) is 5.54 Å². The normalized spacial score (nSPS) is 37.0. The summed E-state index contributed by atoms with van der Waals surface area (Å²) in [5.74, 6) is 3.47. The molecule has 0 unspecified atom stereocenters. The minimum absolute atomic E-state index is 0.235. The van der Waals surface area contributed by atoms with Crippen molar-refractivity contribution in [2.45, 2.75) is 44.1 Å². The second-order valence-corrected chi connectivity index (χ2v) is 7.45. The second kappa shape index (κ2) is 5.13. The number of furan rings is 1. The average Bonchev–Trinajstić information content (AvgIpc) is 2.89. The van der Waals surface area contributed by atoms with E-state index in [0.29, 0.717) is 5.11 Å². The highest BCUT2D eigenvalue weighted by Crippen LogP contribution is 2.55. The summed E-state index contributed by atoms with van der Waals surface area (Å²) in [5.41, 5.74) is 3.16. The molecule has 5 heteroatoms. The van der Waals surface area contributed by atoms with E-state index >= 15 is 0 Å². The van der Waals surface area contributed by atoms with Crippen LogP contribution < -0.4 is 10.7 Å². The first kappa shape index (κ1) is 13.3. The highest BCUT2D eigenvalue weighted by atomic mass is 32.1. The lowest BCUT2D eigenvalue weighted by molar-refractivity contribution is -0.0101. The molecule has 0 amide bonds. The summed E-state index contributed by atoms with van der Waals surface area (Å²) in [6.07, 6.45) is 11.4. The van der Waals surface area contributed by atoms with Crippen molar-refractivity contribution in [2.75, 3.05) is 0 Å². The van der Waals surface area contributed by atoms with Gasteiger partial charge in [-0.2, -0.15) is 5.10 Å². The molecule has 21 heavy (non-hydrogen) atoms. The van der Waals surface area contributed by atoms with E-state index in [9.17, 15) is 0 Å². The first-order valence-electron chi connectivity index (χ1n) is 7.85. The number of nitrogens with one attached hydrogen (secondary N) is 2. The molecule has 4 aliphatic rings. The number of nitrogens with zero attached hydrogens (tertiary/aromatic N) is 1. The zero-order chi connectivity index (χ0) is 14.3. The zero-order valence-electron chi connectivity index (χ0n) is 12.0. The van der Waals surface area contributed by atoms with Gasteiger partial charge in [0.2, 0.25) is 0 Å². The molecule has 0 saturated heterocycles. The standard InChI is InChI=1S/C16H21N3OS/c21-15(19-17-10-14-2-1-3-20-14)18-16-7-11-4-12(8-16)6-13(5-11)9-16/h1-3,10-13H,4-9H2,(H2,18,19,21). The smallest absolute Gasteiger partial charge is 0.187 e. The van der Waals surface area contributed by atoms with Crippen molar-refractivity contribution in [3.05, 3.63) is 24.2 Å².